The highest BCUT2D eigenvalue weighted by atomic mass is 35.5. The number of carbonyl (C=O) groups excluding carboxylic acids is 2. The van der Waals surface area contributed by atoms with E-state index in [0.717, 1.165) is 27.2 Å². The zero-order valence-electron chi connectivity index (χ0n) is 34.1. The van der Waals surface area contributed by atoms with Crippen LogP contribution in [0, 0.1) is 16.5 Å². The topological polar surface area (TPSA) is 205 Å². The first-order valence-corrected chi connectivity index (χ1v) is 22.2. The van der Waals surface area contributed by atoms with Gasteiger partial charge >= 0.3 is 5.97 Å². The quantitative estimate of drug-likeness (QED) is 0.0764. The predicted molar refractivity (Wildman–Crippen MR) is 244 cm³/mol. The monoisotopic (exact) mass is 930 g/mol. The molecule has 0 bridgehead atoms. The summed E-state index contributed by atoms with van der Waals surface area (Å²) in [5, 5.41) is 47.6. The molecule has 0 radical (unpaired) electrons. The molecule has 330 valence electrons. The summed E-state index contributed by atoms with van der Waals surface area (Å²) < 4.78 is 26.0. The molecule has 2 aliphatic rings. The zero-order valence-corrected chi connectivity index (χ0v) is 36.5. The fourth-order valence-electron chi connectivity index (χ4n) is 7.63. The van der Waals surface area contributed by atoms with E-state index >= 15 is 0 Å². The second-order valence-electron chi connectivity index (χ2n) is 15.3. The normalized spacial score (nSPS) is 16.1. The highest BCUT2D eigenvalue weighted by molar-refractivity contribution is 7.85. The number of ether oxygens (including phenoxy) is 2. The van der Waals surface area contributed by atoms with Crippen LogP contribution in [0.1, 0.15) is 39.5 Å². The minimum Gasteiger partial charge on any atom is -0.733 e. The highest BCUT2D eigenvalue weighted by Gasteiger charge is 2.38. The number of nitrogens with zero attached hydrogens (tertiary/aromatic N) is 3. The molecule has 3 unspecified atom stereocenters. The van der Waals surface area contributed by atoms with E-state index in [1.807, 2.05) is 30.3 Å². The van der Waals surface area contributed by atoms with Crippen LogP contribution in [-0.4, -0.2) is 55.2 Å². The first-order valence-electron chi connectivity index (χ1n) is 20.1. The summed E-state index contributed by atoms with van der Waals surface area (Å²) in [5.74, 6) is -1.91. The molecule has 0 saturated carbocycles. The number of hydrogen-bond donors (Lipinski definition) is 4. The Labute approximate surface area is 385 Å². The molecule has 17 heteroatoms. The van der Waals surface area contributed by atoms with Crippen LogP contribution in [-0.2, 0) is 51.2 Å². The van der Waals surface area contributed by atoms with Gasteiger partial charge in [-0.05, 0) is 107 Å². The van der Waals surface area contributed by atoms with E-state index in [0.29, 0.717) is 49.5 Å². The van der Waals surface area contributed by atoms with Gasteiger partial charge in [-0.15, -0.1) is 0 Å². The number of nitriles is 1. The molecule has 6 aromatic carbocycles. The van der Waals surface area contributed by atoms with Crippen molar-refractivity contribution in [2.24, 2.45) is 0 Å². The number of halogens is 2. The van der Waals surface area contributed by atoms with Crippen LogP contribution in [0.25, 0.3) is 11.1 Å². The van der Waals surface area contributed by atoms with Crippen molar-refractivity contribution in [1.29, 1.82) is 5.26 Å². The molecule has 4 atom stereocenters. The smallest absolute Gasteiger partial charge is 0.326 e. The number of anilines is 2. The van der Waals surface area contributed by atoms with Crippen molar-refractivity contribution in [3.05, 3.63) is 176 Å². The number of nitrogens with one attached hydrogen (secondary N) is 2. The van der Waals surface area contributed by atoms with Crippen LogP contribution in [0.4, 0.5) is 11.4 Å². The minimum atomic E-state index is -2.04. The third kappa shape index (κ3) is 10.3. The Balaban J connectivity index is 0.995. The standard InChI is InChI=1S/C48H38Cl2N5O9S/c49-39-17-8-30(18-40(39)50)26-63-37-15-13-33(14-16-37)45-46(56)53-41-20-34-21-42(52-25-35(34)22-44(41)64-45)47(57)54(27-65(62)38-3-1-2-36(23-38)55(60)61)43(48(58)59)19-28-4-9-31(10-5-28)32-11-6-29(24-51)7-12-32/h1-18,20,22-23,42-43,45,52,60H,19,21,25-27H2,(H,53,56)(H,58,59)/q-1/t42?,43-,45?,65?/m0/s1. The van der Waals surface area contributed by atoms with Crippen molar-refractivity contribution in [3.63, 3.8) is 0 Å². The van der Waals surface area contributed by atoms with E-state index in [4.69, 9.17) is 37.9 Å². The van der Waals surface area contributed by atoms with Crippen LogP contribution in [0.3, 0.4) is 0 Å². The van der Waals surface area contributed by atoms with Crippen molar-refractivity contribution in [2.75, 3.05) is 16.4 Å². The number of carbonyl (C=O) groups is 3. The lowest BCUT2D eigenvalue weighted by Gasteiger charge is -2.35. The van der Waals surface area contributed by atoms with Gasteiger partial charge in [-0.3, -0.25) is 19.0 Å². The molecule has 14 nitrogen and oxygen atoms in total. The Bertz CT molecular complexity index is 2840. The third-order valence-corrected chi connectivity index (χ3v) is 13.1. The Morgan fingerprint density at radius 1 is 0.908 bits per heavy atom. The van der Waals surface area contributed by atoms with Gasteiger partial charge in [0, 0.05) is 23.4 Å². The third-order valence-electron chi connectivity index (χ3n) is 11.1. The highest BCUT2D eigenvalue weighted by Crippen LogP contribution is 2.39. The van der Waals surface area contributed by atoms with E-state index in [2.05, 4.69) is 16.7 Å². The minimum absolute atomic E-state index is 0.0953. The molecule has 0 aromatic heterocycles. The summed E-state index contributed by atoms with van der Waals surface area (Å²) in [7, 11) is -2.04. The molecule has 0 fully saturated rings. The lowest BCUT2D eigenvalue weighted by molar-refractivity contribution is -0.150. The molecule has 2 aliphatic heterocycles. The van der Waals surface area contributed by atoms with Gasteiger partial charge in [0.1, 0.15) is 30.0 Å². The average Bonchev–Trinajstić information content (AvgIpc) is 3.32. The number of fused-ring (bicyclic) bond motifs is 2. The summed E-state index contributed by atoms with van der Waals surface area (Å²) in [5.41, 5.74) is 5.94. The van der Waals surface area contributed by atoms with Crippen molar-refractivity contribution in [1.82, 2.24) is 10.2 Å². The van der Waals surface area contributed by atoms with Gasteiger partial charge in [0.25, 0.3) is 5.91 Å². The Hall–Kier alpha value is -6.77. The van der Waals surface area contributed by atoms with Crippen molar-refractivity contribution >= 4 is 63.2 Å². The number of carboxylic acids is 1. The fourth-order valence-corrected chi connectivity index (χ4v) is 9.14. The van der Waals surface area contributed by atoms with Crippen molar-refractivity contribution in [3.8, 4) is 28.7 Å². The Morgan fingerprint density at radius 2 is 1.62 bits per heavy atom. The maximum absolute atomic E-state index is 14.6. The van der Waals surface area contributed by atoms with Crippen LogP contribution >= 0.6 is 23.2 Å². The molecule has 4 N–H and O–H groups in total. The molecule has 8 rings (SSSR count). The van der Waals surface area contributed by atoms with Crippen LogP contribution in [0.5, 0.6) is 11.5 Å². The number of aliphatic carboxylic acids is 1. The van der Waals surface area contributed by atoms with Crippen molar-refractivity contribution < 1.29 is 38.4 Å². The van der Waals surface area contributed by atoms with E-state index in [1.54, 1.807) is 72.8 Å². The first-order chi connectivity index (χ1) is 31.3. The lowest BCUT2D eigenvalue weighted by atomic mass is 9.93. The summed E-state index contributed by atoms with van der Waals surface area (Å²) in [6.45, 7) is 0.447. The number of carboxylic acid groups (broad SMARTS) is 1. The van der Waals surface area contributed by atoms with Crippen LogP contribution < -0.4 is 25.3 Å². The van der Waals surface area contributed by atoms with Crippen LogP contribution in [0.2, 0.25) is 10.0 Å². The maximum atomic E-state index is 14.6. The molecule has 2 amide bonds. The van der Waals surface area contributed by atoms with Gasteiger partial charge in [0.15, 0.2) is 0 Å². The zero-order chi connectivity index (χ0) is 45.8. The maximum Gasteiger partial charge on any atom is 0.326 e. The van der Waals surface area contributed by atoms with Crippen LogP contribution in [0.15, 0.2) is 132 Å². The summed E-state index contributed by atoms with van der Waals surface area (Å²) in [6, 6.07) is 34.9. The number of amides is 2. The second-order valence-corrected chi connectivity index (χ2v) is 17.6. The van der Waals surface area contributed by atoms with E-state index < -0.39 is 52.6 Å². The molecule has 2 heterocycles. The molecular weight excluding hydrogens is 894 g/mol. The van der Waals surface area contributed by atoms with Gasteiger partial charge in [0.2, 0.25) is 12.0 Å². The van der Waals surface area contributed by atoms with E-state index in [1.165, 1.54) is 24.3 Å². The van der Waals surface area contributed by atoms with Gasteiger partial charge in [-0.25, -0.2) is 4.79 Å². The largest absolute Gasteiger partial charge is 0.733 e. The first kappa shape index (κ1) is 44.8. The van der Waals surface area contributed by atoms with Crippen molar-refractivity contribution in [2.45, 2.75) is 49.1 Å². The van der Waals surface area contributed by atoms with Gasteiger partial charge in [0.05, 0.1) is 49.9 Å². The molecule has 65 heavy (non-hydrogen) atoms. The molecule has 6 aromatic rings. The number of benzene rings is 6. The average molecular weight is 932 g/mol. The number of hydrogen-bond acceptors (Lipinski definition) is 11. The van der Waals surface area contributed by atoms with Gasteiger partial charge in [-0.2, -0.15) is 5.26 Å². The van der Waals surface area contributed by atoms with Gasteiger partial charge in [-0.1, -0.05) is 83.9 Å². The Morgan fingerprint density at radius 3 is 2.29 bits per heavy atom. The molecule has 0 spiro atoms. The lowest BCUT2D eigenvalue weighted by Crippen LogP contribution is -2.56. The predicted octanol–water partition coefficient (Wildman–Crippen LogP) is 8.18. The summed E-state index contributed by atoms with van der Waals surface area (Å²) in [6.07, 6.45) is -0.989. The summed E-state index contributed by atoms with van der Waals surface area (Å²) >= 11 is 12.1. The van der Waals surface area contributed by atoms with E-state index in [9.17, 15) is 34.1 Å². The molecule has 0 saturated heterocycles. The second kappa shape index (κ2) is 19.5. The van der Waals surface area contributed by atoms with E-state index in [-0.39, 0.29) is 41.8 Å². The molecular formula is C48H38Cl2N5O9S-. The van der Waals surface area contributed by atoms with Gasteiger partial charge < -0.3 is 40.5 Å². The number of rotatable bonds is 14. The molecule has 0 aliphatic carbocycles. The fraction of sp³-hybridized carbons (Fsp3) is 0.167. The SMILES string of the molecule is N#Cc1ccc(-c2ccc(C[C@@H](C(=O)O)N(CS(=O)c3cccc(N([O-])O)c3)C(=O)C3Cc4cc5c(cc4CN3)OC(c3ccc(OCc4ccc(Cl)c(Cl)c4)cc3)C(=O)N5)cc2)cc1. The summed E-state index contributed by atoms with van der Waals surface area (Å²) in [4.78, 5) is 42.3. The Kier molecular flexibility index (Phi) is 13.5.